The molecular formula is C20H16ClFN2O3S. The zero-order valence-corrected chi connectivity index (χ0v) is 16.3. The van der Waals surface area contributed by atoms with E-state index in [9.17, 15) is 17.6 Å². The molecular weight excluding hydrogens is 403 g/mol. The molecule has 0 unspecified atom stereocenters. The average Bonchev–Trinajstić information content (AvgIpc) is 2.65. The minimum atomic E-state index is -3.96. The summed E-state index contributed by atoms with van der Waals surface area (Å²) in [7, 11) is -3.96. The molecule has 3 rings (SSSR count). The van der Waals surface area contributed by atoms with Crippen LogP contribution in [0.3, 0.4) is 0 Å². The Morgan fingerprint density at radius 2 is 1.68 bits per heavy atom. The molecule has 1 amide bonds. The molecule has 2 N–H and O–H groups in total. The Morgan fingerprint density at radius 3 is 2.36 bits per heavy atom. The van der Waals surface area contributed by atoms with E-state index in [0.717, 1.165) is 12.1 Å². The van der Waals surface area contributed by atoms with Crippen LogP contribution in [-0.2, 0) is 10.0 Å². The number of halogens is 2. The van der Waals surface area contributed by atoms with E-state index < -0.39 is 21.7 Å². The molecule has 0 spiro atoms. The van der Waals surface area contributed by atoms with E-state index in [1.165, 1.54) is 24.3 Å². The lowest BCUT2D eigenvalue weighted by Gasteiger charge is -2.12. The first-order valence-corrected chi connectivity index (χ1v) is 10.1. The van der Waals surface area contributed by atoms with Crippen molar-refractivity contribution in [3.8, 4) is 0 Å². The van der Waals surface area contributed by atoms with Crippen LogP contribution in [0.25, 0.3) is 0 Å². The highest BCUT2D eigenvalue weighted by atomic mass is 35.5. The normalized spacial score (nSPS) is 11.1. The number of rotatable bonds is 5. The molecule has 0 heterocycles. The van der Waals surface area contributed by atoms with Crippen LogP contribution in [0, 0.1) is 12.7 Å². The maximum absolute atomic E-state index is 13.0. The van der Waals surface area contributed by atoms with Crippen LogP contribution in [0.4, 0.5) is 15.8 Å². The van der Waals surface area contributed by atoms with E-state index in [4.69, 9.17) is 11.6 Å². The summed E-state index contributed by atoms with van der Waals surface area (Å²) in [5.41, 5.74) is 1.43. The van der Waals surface area contributed by atoms with Crippen molar-refractivity contribution in [2.45, 2.75) is 11.8 Å². The van der Waals surface area contributed by atoms with Gasteiger partial charge in [0.15, 0.2) is 0 Å². The average molecular weight is 419 g/mol. The fourth-order valence-corrected chi connectivity index (χ4v) is 3.76. The summed E-state index contributed by atoms with van der Waals surface area (Å²) >= 11 is 6.05. The third-order valence-electron chi connectivity index (χ3n) is 3.98. The molecule has 0 aliphatic carbocycles. The second-order valence-corrected chi connectivity index (χ2v) is 8.11. The molecule has 0 aliphatic rings. The number of hydrogen-bond donors (Lipinski definition) is 2. The van der Waals surface area contributed by atoms with Gasteiger partial charge in [-0.15, -0.1) is 0 Å². The number of amides is 1. The van der Waals surface area contributed by atoms with E-state index in [1.54, 1.807) is 37.3 Å². The van der Waals surface area contributed by atoms with E-state index in [-0.39, 0.29) is 16.1 Å². The number of para-hydroxylation sites is 1. The molecule has 144 valence electrons. The quantitative estimate of drug-likeness (QED) is 0.622. The summed E-state index contributed by atoms with van der Waals surface area (Å²) in [4.78, 5) is 12.5. The lowest BCUT2D eigenvalue weighted by molar-refractivity contribution is 0.102. The second-order valence-electron chi connectivity index (χ2n) is 6.02. The van der Waals surface area contributed by atoms with Crippen molar-refractivity contribution in [3.63, 3.8) is 0 Å². The maximum atomic E-state index is 13.0. The highest BCUT2D eigenvalue weighted by molar-refractivity contribution is 7.92. The van der Waals surface area contributed by atoms with Crippen molar-refractivity contribution >= 4 is 38.9 Å². The van der Waals surface area contributed by atoms with Crippen LogP contribution in [0.5, 0.6) is 0 Å². The number of carbonyl (C=O) groups excluding carboxylic acids is 1. The fraction of sp³-hybridized carbons (Fsp3) is 0.0500. The Kier molecular flexibility index (Phi) is 5.67. The second kappa shape index (κ2) is 8.00. The SMILES string of the molecule is Cc1ccc(S(=O)(=O)Nc2ccc(F)cc2)cc1C(=O)Nc1ccccc1Cl. The summed E-state index contributed by atoms with van der Waals surface area (Å²) < 4.78 is 40.6. The lowest BCUT2D eigenvalue weighted by Crippen LogP contribution is -2.17. The summed E-state index contributed by atoms with van der Waals surface area (Å²) in [6.07, 6.45) is 0. The van der Waals surface area contributed by atoms with Crippen molar-refractivity contribution in [2.75, 3.05) is 10.0 Å². The van der Waals surface area contributed by atoms with Crippen molar-refractivity contribution in [1.82, 2.24) is 0 Å². The predicted octanol–water partition coefficient (Wildman–Crippen LogP) is 4.84. The summed E-state index contributed by atoms with van der Waals surface area (Å²) in [5, 5.41) is 3.04. The van der Waals surface area contributed by atoms with E-state index in [0.29, 0.717) is 16.3 Å². The van der Waals surface area contributed by atoms with Crippen LogP contribution in [0.2, 0.25) is 5.02 Å². The van der Waals surface area contributed by atoms with Crippen LogP contribution in [-0.4, -0.2) is 14.3 Å². The molecule has 8 heteroatoms. The van der Waals surface area contributed by atoms with Crippen molar-refractivity contribution < 1.29 is 17.6 Å². The van der Waals surface area contributed by atoms with Gasteiger partial charge in [-0.05, 0) is 61.0 Å². The molecule has 0 fully saturated rings. The third-order valence-corrected chi connectivity index (χ3v) is 5.69. The Hall–Kier alpha value is -2.90. The molecule has 0 atom stereocenters. The smallest absolute Gasteiger partial charge is 0.261 e. The van der Waals surface area contributed by atoms with Gasteiger partial charge < -0.3 is 5.32 Å². The molecule has 0 saturated heterocycles. The Labute approximate surface area is 167 Å². The largest absolute Gasteiger partial charge is 0.321 e. The molecule has 0 saturated carbocycles. The van der Waals surface area contributed by atoms with Crippen LogP contribution in [0.1, 0.15) is 15.9 Å². The number of sulfonamides is 1. The van der Waals surface area contributed by atoms with Gasteiger partial charge in [0.25, 0.3) is 15.9 Å². The zero-order chi connectivity index (χ0) is 20.3. The first-order chi connectivity index (χ1) is 13.3. The summed E-state index contributed by atoms with van der Waals surface area (Å²) in [6.45, 7) is 1.70. The predicted molar refractivity (Wildman–Crippen MR) is 108 cm³/mol. The van der Waals surface area contributed by atoms with Crippen molar-refractivity contribution in [2.24, 2.45) is 0 Å². The van der Waals surface area contributed by atoms with Gasteiger partial charge in [0, 0.05) is 11.3 Å². The minimum absolute atomic E-state index is 0.0910. The topological polar surface area (TPSA) is 75.3 Å². The van der Waals surface area contributed by atoms with Crippen molar-refractivity contribution in [1.29, 1.82) is 0 Å². The van der Waals surface area contributed by atoms with Gasteiger partial charge >= 0.3 is 0 Å². The molecule has 3 aromatic rings. The number of hydrogen-bond acceptors (Lipinski definition) is 3. The van der Waals surface area contributed by atoms with Gasteiger partial charge in [0.05, 0.1) is 15.6 Å². The van der Waals surface area contributed by atoms with E-state index in [1.807, 2.05) is 0 Å². The van der Waals surface area contributed by atoms with Gasteiger partial charge in [-0.1, -0.05) is 29.8 Å². The van der Waals surface area contributed by atoms with E-state index >= 15 is 0 Å². The van der Waals surface area contributed by atoms with Crippen LogP contribution < -0.4 is 10.0 Å². The van der Waals surface area contributed by atoms with E-state index in [2.05, 4.69) is 10.0 Å². The van der Waals surface area contributed by atoms with Crippen LogP contribution >= 0.6 is 11.6 Å². The van der Waals surface area contributed by atoms with Crippen molar-refractivity contribution in [3.05, 3.63) is 88.7 Å². The Morgan fingerprint density at radius 1 is 1.00 bits per heavy atom. The fourth-order valence-electron chi connectivity index (χ4n) is 2.50. The monoisotopic (exact) mass is 418 g/mol. The standard InChI is InChI=1S/C20H16ClFN2O3S/c1-13-6-11-16(28(26,27)24-15-9-7-14(22)8-10-15)12-17(13)20(25)23-19-5-3-2-4-18(19)21/h2-12,24H,1H3,(H,23,25). The molecule has 0 aliphatic heterocycles. The number of anilines is 2. The van der Waals surface area contributed by atoms with Gasteiger partial charge in [-0.3, -0.25) is 9.52 Å². The molecule has 3 aromatic carbocycles. The third kappa shape index (κ3) is 4.49. The maximum Gasteiger partial charge on any atom is 0.261 e. The van der Waals surface area contributed by atoms with Gasteiger partial charge in [-0.25, -0.2) is 12.8 Å². The Bertz CT molecular complexity index is 1130. The summed E-state index contributed by atoms with van der Waals surface area (Å²) in [5.74, 6) is -0.957. The molecule has 0 radical (unpaired) electrons. The highest BCUT2D eigenvalue weighted by Crippen LogP contribution is 2.24. The lowest BCUT2D eigenvalue weighted by atomic mass is 10.1. The molecule has 28 heavy (non-hydrogen) atoms. The highest BCUT2D eigenvalue weighted by Gasteiger charge is 2.19. The van der Waals surface area contributed by atoms with Gasteiger partial charge in [0.1, 0.15) is 5.82 Å². The van der Waals surface area contributed by atoms with Gasteiger partial charge in [-0.2, -0.15) is 0 Å². The van der Waals surface area contributed by atoms with Crippen LogP contribution in [0.15, 0.2) is 71.6 Å². The van der Waals surface area contributed by atoms with Gasteiger partial charge in [0.2, 0.25) is 0 Å². The number of carbonyl (C=O) groups is 1. The zero-order valence-electron chi connectivity index (χ0n) is 14.7. The number of benzene rings is 3. The minimum Gasteiger partial charge on any atom is -0.321 e. The summed E-state index contributed by atoms with van der Waals surface area (Å²) in [6, 6.07) is 15.9. The first kappa shape index (κ1) is 19.9. The number of nitrogens with one attached hydrogen (secondary N) is 2. The molecule has 5 nitrogen and oxygen atoms in total. The first-order valence-electron chi connectivity index (χ1n) is 8.21. The molecule has 0 aromatic heterocycles. The number of aryl methyl sites for hydroxylation is 1. The Balaban J connectivity index is 1.89. The molecule has 0 bridgehead atoms.